The van der Waals surface area contributed by atoms with Crippen molar-refractivity contribution in [2.45, 2.75) is 6.54 Å². The smallest absolute Gasteiger partial charge is 0.293 e. The van der Waals surface area contributed by atoms with Crippen molar-refractivity contribution in [3.05, 3.63) is 92.0 Å². The highest BCUT2D eigenvalue weighted by Gasteiger charge is 2.35. The third-order valence-corrected chi connectivity index (χ3v) is 5.92. The van der Waals surface area contributed by atoms with Crippen LogP contribution in [0.4, 0.5) is 10.5 Å². The second kappa shape index (κ2) is 9.94. The molecule has 1 saturated heterocycles. The van der Waals surface area contributed by atoms with Crippen LogP contribution in [-0.2, 0) is 11.3 Å². The summed E-state index contributed by atoms with van der Waals surface area (Å²) in [6, 6.07) is 14.5. The number of carbonyl (C=O) groups excluding carboxylic acids is 2. The monoisotopic (exact) mass is 497 g/mol. The van der Waals surface area contributed by atoms with E-state index in [4.69, 9.17) is 21.1 Å². The number of amides is 2. The topological polar surface area (TPSA) is 112 Å². The van der Waals surface area contributed by atoms with Gasteiger partial charge < -0.3 is 9.47 Å². The highest BCUT2D eigenvalue weighted by Crippen LogP contribution is 2.36. The summed E-state index contributed by atoms with van der Waals surface area (Å²) in [5.74, 6) is 0.449. The van der Waals surface area contributed by atoms with Crippen molar-refractivity contribution in [1.29, 1.82) is 0 Å². The first-order valence-electron chi connectivity index (χ1n) is 9.80. The Kier molecular flexibility index (Phi) is 6.80. The van der Waals surface area contributed by atoms with Crippen molar-refractivity contribution >= 4 is 46.3 Å². The average Bonchev–Trinajstić information content (AvgIpc) is 3.09. The van der Waals surface area contributed by atoms with Crippen LogP contribution in [0.3, 0.4) is 0 Å². The zero-order valence-electron chi connectivity index (χ0n) is 17.6. The molecule has 4 rings (SSSR count). The van der Waals surface area contributed by atoms with E-state index < -0.39 is 4.92 Å². The molecule has 3 aromatic rings. The predicted octanol–water partition coefficient (Wildman–Crippen LogP) is 5.68. The first-order chi connectivity index (χ1) is 16.3. The van der Waals surface area contributed by atoms with Gasteiger partial charge in [0.25, 0.3) is 16.8 Å². The minimum Gasteiger partial charge on any atom is -0.493 e. The van der Waals surface area contributed by atoms with Crippen LogP contribution in [0.5, 0.6) is 17.4 Å². The van der Waals surface area contributed by atoms with Crippen molar-refractivity contribution in [2.75, 3.05) is 7.11 Å². The molecule has 0 N–H and O–H groups in total. The molecular formula is C23H16ClN3O6S. The van der Waals surface area contributed by atoms with Gasteiger partial charge in [-0.25, -0.2) is 4.98 Å². The summed E-state index contributed by atoms with van der Waals surface area (Å²) in [7, 11) is 1.45. The summed E-state index contributed by atoms with van der Waals surface area (Å²) < 4.78 is 11.0. The van der Waals surface area contributed by atoms with Gasteiger partial charge in [0.2, 0.25) is 5.88 Å². The average molecular weight is 498 g/mol. The molecule has 2 heterocycles. The molecule has 1 fully saturated rings. The van der Waals surface area contributed by atoms with Crippen LogP contribution in [0.15, 0.2) is 65.7 Å². The number of benzene rings is 2. The van der Waals surface area contributed by atoms with E-state index in [0.29, 0.717) is 22.1 Å². The van der Waals surface area contributed by atoms with Crippen LogP contribution in [0.25, 0.3) is 6.08 Å². The molecule has 11 heteroatoms. The number of hydrogen-bond donors (Lipinski definition) is 0. The van der Waals surface area contributed by atoms with Crippen LogP contribution in [-0.4, -0.2) is 33.1 Å². The molecule has 1 aliphatic heterocycles. The zero-order chi connectivity index (χ0) is 24.2. The van der Waals surface area contributed by atoms with Gasteiger partial charge >= 0.3 is 0 Å². The van der Waals surface area contributed by atoms with E-state index in [1.807, 2.05) is 0 Å². The molecule has 172 valence electrons. The Morgan fingerprint density at radius 3 is 2.53 bits per heavy atom. The van der Waals surface area contributed by atoms with Crippen LogP contribution in [0, 0.1) is 10.1 Å². The first-order valence-corrected chi connectivity index (χ1v) is 11.0. The predicted molar refractivity (Wildman–Crippen MR) is 127 cm³/mol. The Hall–Kier alpha value is -3.89. The molecule has 0 saturated carbocycles. The molecule has 34 heavy (non-hydrogen) atoms. The molecule has 0 unspecified atom stereocenters. The Morgan fingerprint density at radius 2 is 1.88 bits per heavy atom. The molecule has 2 amide bonds. The highest BCUT2D eigenvalue weighted by atomic mass is 35.5. The number of halogens is 1. The molecule has 1 aliphatic rings. The van der Waals surface area contributed by atoms with E-state index in [0.717, 1.165) is 23.5 Å². The van der Waals surface area contributed by atoms with Crippen molar-refractivity contribution in [3.63, 3.8) is 0 Å². The fourth-order valence-corrected chi connectivity index (χ4v) is 4.04. The summed E-state index contributed by atoms with van der Waals surface area (Å²) in [4.78, 5) is 40.8. The molecule has 0 aliphatic carbocycles. The molecular weight excluding hydrogens is 482 g/mol. The molecule has 1 aromatic heterocycles. The lowest BCUT2D eigenvalue weighted by Crippen LogP contribution is -2.27. The van der Waals surface area contributed by atoms with Crippen LogP contribution >= 0.6 is 23.4 Å². The van der Waals surface area contributed by atoms with Crippen molar-refractivity contribution in [1.82, 2.24) is 9.88 Å². The Balaban J connectivity index is 1.51. The zero-order valence-corrected chi connectivity index (χ0v) is 19.2. The number of pyridine rings is 1. The van der Waals surface area contributed by atoms with Gasteiger partial charge in [-0.15, -0.1) is 0 Å². The molecule has 2 aromatic carbocycles. The van der Waals surface area contributed by atoms with E-state index in [1.54, 1.807) is 48.5 Å². The summed E-state index contributed by atoms with van der Waals surface area (Å²) in [6.07, 6.45) is 2.69. The van der Waals surface area contributed by atoms with Gasteiger partial charge in [-0.1, -0.05) is 29.8 Å². The second-order valence-corrected chi connectivity index (χ2v) is 8.45. The van der Waals surface area contributed by atoms with Crippen LogP contribution < -0.4 is 9.47 Å². The van der Waals surface area contributed by atoms with Gasteiger partial charge in [0.15, 0.2) is 11.5 Å². The molecule has 0 spiro atoms. The van der Waals surface area contributed by atoms with Crippen molar-refractivity contribution < 1.29 is 24.0 Å². The summed E-state index contributed by atoms with van der Waals surface area (Å²) in [6.45, 7) is 0.150. The maximum atomic E-state index is 12.8. The maximum absolute atomic E-state index is 12.8. The van der Waals surface area contributed by atoms with Gasteiger partial charge in [-0.2, -0.15) is 0 Å². The summed E-state index contributed by atoms with van der Waals surface area (Å²) in [5.41, 5.74) is 1.26. The third-order valence-electron chi connectivity index (χ3n) is 4.76. The van der Waals surface area contributed by atoms with E-state index in [2.05, 4.69) is 4.98 Å². The minimum absolute atomic E-state index is 0.150. The number of thioether (sulfide) groups is 1. The number of imide groups is 1. The highest BCUT2D eigenvalue weighted by molar-refractivity contribution is 8.18. The van der Waals surface area contributed by atoms with Gasteiger partial charge in [0, 0.05) is 17.2 Å². The fraction of sp³-hybridized carbons (Fsp3) is 0.0870. The Bertz CT molecular complexity index is 1300. The summed E-state index contributed by atoms with van der Waals surface area (Å²) in [5, 5.41) is 11.0. The number of aromatic nitrogens is 1. The van der Waals surface area contributed by atoms with E-state index in [-0.39, 0.29) is 34.2 Å². The molecule has 0 radical (unpaired) electrons. The Labute approximate surface area is 203 Å². The molecule has 0 atom stereocenters. The van der Waals surface area contributed by atoms with E-state index in [9.17, 15) is 19.7 Å². The van der Waals surface area contributed by atoms with Crippen LogP contribution in [0.2, 0.25) is 5.02 Å². The number of hydrogen-bond acceptors (Lipinski definition) is 8. The number of ether oxygens (including phenoxy) is 2. The van der Waals surface area contributed by atoms with Crippen molar-refractivity contribution in [2.24, 2.45) is 0 Å². The van der Waals surface area contributed by atoms with E-state index >= 15 is 0 Å². The molecule has 0 bridgehead atoms. The van der Waals surface area contributed by atoms with Gasteiger partial charge in [-0.3, -0.25) is 24.6 Å². The van der Waals surface area contributed by atoms with Gasteiger partial charge in [0.1, 0.15) is 6.20 Å². The lowest BCUT2D eigenvalue weighted by molar-refractivity contribution is -0.385. The standard InChI is InChI=1S/C23H16ClN3O6S/c1-32-19-10-15(4-8-18(19)33-21-9-7-17(12-25-21)27(30)31)11-20-22(28)26(23(29)34-20)13-14-2-5-16(24)6-3-14/h2-12H,13H2,1H3/b20-11-. The first kappa shape index (κ1) is 23.3. The maximum Gasteiger partial charge on any atom is 0.293 e. The summed E-state index contributed by atoms with van der Waals surface area (Å²) >= 11 is 6.75. The normalized spacial score (nSPS) is 14.5. The lowest BCUT2D eigenvalue weighted by Gasteiger charge is -2.12. The second-order valence-electron chi connectivity index (χ2n) is 7.02. The largest absolute Gasteiger partial charge is 0.493 e. The fourth-order valence-electron chi connectivity index (χ4n) is 3.07. The van der Waals surface area contributed by atoms with Gasteiger partial charge in [0.05, 0.1) is 23.5 Å². The number of nitrogens with zero attached hydrogens (tertiary/aromatic N) is 3. The SMILES string of the molecule is COc1cc(/C=C2\SC(=O)N(Cc3ccc(Cl)cc3)C2=O)ccc1Oc1ccc([N+](=O)[O-])cn1. The van der Waals surface area contributed by atoms with Crippen LogP contribution in [0.1, 0.15) is 11.1 Å². The lowest BCUT2D eigenvalue weighted by atomic mass is 10.1. The van der Waals surface area contributed by atoms with E-state index in [1.165, 1.54) is 24.1 Å². The number of methoxy groups -OCH3 is 1. The number of carbonyl (C=O) groups is 2. The van der Waals surface area contributed by atoms with Crippen molar-refractivity contribution in [3.8, 4) is 17.4 Å². The number of nitro groups is 1. The third kappa shape index (κ3) is 5.19. The number of rotatable bonds is 7. The quantitative estimate of drug-likeness (QED) is 0.233. The van der Waals surface area contributed by atoms with Gasteiger partial charge in [-0.05, 0) is 53.2 Å². The minimum atomic E-state index is -0.552. The Morgan fingerprint density at radius 1 is 1.12 bits per heavy atom. The molecule has 9 nitrogen and oxygen atoms in total.